The van der Waals surface area contributed by atoms with Crippen LogP contribution < -0.4 is 5.32 Å². The van der Waals surface area contributed by atoms with Crippen LogP contribution in [-0.4, -0.2) is 65.1 Å². The van der Waals surface area contributed by atoms with E-state index in [0.29, 0.717) is 45.6 Å². The van der Waals surface area contributed by atoms with Crippen LogP contribution >= 0.6 is 0 Å². The lowest BCUT2D eigenvalue weighted by atomic mass is 9.73. The highest BCUT2D eigenvalue weighted by Gasteiger charge is 2.54. The summed E-state index contributed by atoms with van der Waals surface area (Å²) in [5.41, 5.74) is 0.316. The summed E-state index contributed by atoms with van der Waals surface area (Å²) >= 11 is 0. The molecule has 3 rings (SSSR count). The number of aryl methyl sites for hydroxylation is 2. The SMILES string of the molecule is CNC(=O)[C@]12CCOC[C@H]1CN(C(=O)CCc1cnn(C)n1)C2. The van der Waals surface area contributed by atoms with Gasteiger partial charge in [0.2, 0.25) is 11.8 Å². The number of carbonyl (C=O) groups excluding carboxylic acids is 2. The summed E-state index contributed by atoms with van der Waals surface area (Å²) in [6.07, 6.45) is 3.30. The van der Waals surface area contributed by atoms with Crippen molar-refractivity contribution in [2.75, 3.05) is 33.4 Å². The Morgan fingerprint density at radius 1 is 1.52 bits per heavy atom. The summed E-state index contributed by atoms with van der Waals surface area (Å²) in [5, 5.41) is 11.0. The molecule has 23 heavy (non-hydrogen) atoms. The molecule has 2 saturated heterocycles. The normalized spacial score (nSPS) is 26.9. The predicted molar refractivity (Wildman–Crippen MR) is 81.3 cm³/mol. The molecule has 2 aliphatic rings. The van der Waals surface area contributed by atoms with Crippen molar-refractivity contribution in [3.8, 4) is 0 Å². The average Bonchev–Trinajstić information content (AvgIpc) is 3.15. The third-order valence-electron chi connectivity index (χ3n) is 4.98. The lowest BCUT2D eigenvalue weighted by Crippen LogP contribution is -2.49. The largest absolute Gasteiger partial charge is 0.381 e. The van der Waals surface area contributed by atoms with Gasteiger partial charge in [0.25, 0.3) is 0 Å². The molecule has 0 aromatic carbocycles. The smallest absolute Gasteiger partial charge is 0.228 e. The molecule has 3 heterocycles. The zero-order valence-electron chi connectivity index (χ0n) is 13.6. The van der Waals surface area contributed by atoms with Crippen LogP contribution in [0.15, 0.2) is 6.20 Å². The molecular formula is C15H23N5O3. The van der Waals surface area contributed by atoms with Crippen LogP contribution in [0.25, 0.3) is 0 Å². The van der Waals surface area contributed by atoms with E-state index in [-0.39, 0.29) is 17.7 Å². The molecule has 0 bridgehead atoms. The van der Waals surface area contributed by atoms with E-state index in [2.05, 4.69) is 15.5 Å². The van der Waals surface area contributed by atoms with Gasteiger partial charge < -0.3 is 15.0 Å². The number of nitrogens with zero attached hydrogens (tertiary/aromatic N) is 4. The number of likely N-dealkylation sites (tertiary alicyclic amines) is 1. The van der Waals surface area contributed by atoms with Gasteiger partial charge in [0.1, 0.15) is 0 Å². The Balaban J connectivity index is 1.64. The topological polar surface area (TPSA) is 89.4 Å². The second-order valence-electron chi connectivity index (χ2n) is 6.36. The zero-order chi connectivity index (χ0) is 16.4. The maximum Gasteiger partial charge on any atom is 0.228 e. The Labute approximate surface area is 135 Å². The van der Waals surface area contributed by atoms with E-state index < -0.39 is 5.41 Å². The van der Waals surface area contributed by atoms with Crippen molar-refractivity contribution in [3.63, 3.8) is 0 Å². The summed E-state index contributed by atoms with van der Waals surface area (Å²) < 4.78 is 5.52. The van der Waals surface area contributed by atoms with Gasteiger partial charge in [-0.2, -0.15) is 15.0 Å². The predicted octanol–water partition coefficient (Wildman–Crippen LogP) is -0.641. The van der Waals surface area contributed by atoms with Crippen molar-refractivity contribution in [2.45, 2.75) is 19.3 Å². The molecule has 2 fully saturated rings. The zero-order valence-corrected chi connectivity index (χ0v) is 13.6. The molecule has 2 atom stereocenters. The number of ether oxygens (including phenoxy) is 1. The van der Waals surface area contributed by atoms with E-state index in [1.807, 2.05) is 4.90 Å². The van der Waals surface area contributed by atoms with Gasteiger partial charge >= 0.3 is 0 Å². The van der Waals surface area contributed by atoms with Crippen molar-refractivity contribution in [2.24, 2.45) is 18.4 Å². The molecule has 2 aliphatic heterocycles. The fraction of sp³-hybridized carbons (Fsp3) is 0.733. The standard InChI is InChI=1S/C15H23N5O3/c1-16-14(22)15-5-6-23-9-11(15)8-20(10-15)13(21)4-3-12-7-17-19(2)18-12/h7,11H,3-6,8-10H2,1-2H3,(H,16,22)/t11-,15+/m1/s1. The van der Waals surface area contributed by atoms with E-state index in [9.17, 15) is 9.59 Å². The van der Waals surface area contributed by atoms with Crippen LogP contribution in [0.2, 0.25) is 0 Å². The Morgan fingerprint density at radius 3 is 3.04 bits per heavy atom. The fourth-order valence-electron chi connectivity index (χ4n) is 3.66. The summed E-state index contributed by atoms with van der Waals surface area (Å²) in [6.45, 7) is 2.19. The van der Waals surface area contributed by atoms with Gasteiger partial charge in [0.05, 0.1) is 23.9 Å². The summed E-state index contributed by atoms with van der Waals surface area (Å²) in [6, 6.07) is 0. The van der Waals surface area contributed by atoms with Crippen molar-refractivity contribution in [1.29, 1.82) is 0 Å². The molecule has 1 aromatic rings. The van der Waals surface area contributed by atoms with E-state index in [1.165, 1.54) is 4.80 Å². The first-order valence-corrected chi connectivity index (χ1v) is 7.98. The van der Waals surface area contributed by atoms with Gasteiger partial charge in [-0.1, -0.05) is 0 Å². The Kier molecular flexibility index (Phi) is 4.34. The molecule has 126 valence electrons. The van der Waals surface area contributed by atoms with Crippen LogP contribution in [0.4, 0.5) is 0 Å². The number of amides is 2. The monoisotopic (exact) mass is 321 g/mol. The summed E-state index contributed by atoms with van der Waals surface area (Å²) in [4.78, 5) is 28.2. The van der Waals surface area contributed by atoms with E-state index in [1.54, 1.807) is 20.3 Å². The lowest BCUT2D eigenvalue weighted by molar-refractivity contribution is -0.139. The maximum atomic E-state index is 12.5. The van der Waals surface area contributed by atoms with Gasteiger partial charge in [-0.05, 0) is 6.42 Å². The minimum absolute atomic E-state index is 0.0232. The molecule has 0 aliphatic carbocycles. The summed E-state index contributed by atoms with van der Waals surface area (Å²) in [5.74, 6) is 0.167. The van der Waals surface area contributed by atoms with Crippen molar-refractivity contribution < 1.29 is 14.3 Å². The lowest BCUT2D eigenvalue weighted by Gasteiger charge is -2.36. The molecule has 0 spiro atoms. The molecular weight excluding hydrogens is 298 g/mol. The maximum absolute atomic E-state index is 12.5. The molecule has 0 radical (unpaired) electrons. The van der Waals surface area contributed by atoms with E-state index >= 15 is 0 Å². The Hall–Kier alpha value is -1.96. The second kappa shape index (κ2) is 6.27. The van der Waals surface area contributed by atoms with Gasteiger partial charge in [0.15, 0.2) is 0 Å². The number of nitrogens with one attached hydrogen (secondary N) is 1. The number of hydrogen-bond acceptors (Lipinski definition) is 5. The number of carbonyl (C=O) groups is 2. The minimum atomic E-state index is -0.491. The first kappa shape index (κ1) is 15.9. The van der Waals surface area contributed by atoms with Gasteiger partial charge in [-0.15, -0.1) is 0 Å². The van der Waals surface area contributed by atoms with Crippen molar-refractivity contribution in [1.82, 2.24) is 25.2 Å². The molecule has 1 aromatic heterocycles. The molecule has 0 saturated carbocycles. The summed E-state index contributed by atoms with van der Waals surface area (Å²) in [7, 11) is 3.41. The fourth-order valence-corrected chi connectivity index (χ4v) is 3.66. The number of aromatic nitrogens is 3. The van der Waals surface area contributed by atoms with E-state index in [0.717, 1.165) is 5.69 Å². The third-order valence-corrected chi connectivity index (χ3v) is 4.98. The second-order valence-corrected chi connectivity index (χ2v) is 6.36. The van der Waals surface area contributed by atoms with Gasteiger partial charge in [-0.3, -0.25) is 9.59 Å². The Bertz CT molecular complexity index is 602. The van der Waals surface area contributed by atoms with Crippen LogP contribution in [0.1, 0.15) is 18.5 Å². The minimum Gasteiger partial charge on any atom is -0.381 e. The molecule has 8 nitrogen and oxygen atoms in total. The highest BCUT2D eigenvalue weighted by molar-refractivity contribution is 5.85. The molecule has 1 N–H and O–H groups in total. The Morgan fingerprint density at radius 2 is 2.35 bits per heavy atom. The number of fused-ring (bicyclic) bond motifs is 1. The average molecular weight is 321 g/mol. The van der Waals surface area contributed by atoms with Crippen molar-refractivity contribution in [3.05, 3.63) is 11.9 Å². The quantitative estimate of drug-likeness (QED) is 0.797. The molecule has 8 heteroatoms. The van der Waals surface area contributed by atoms with Crippen LogP contribution in [0, 0.1) is 11.3 Å². The first-order valence-electron chi connectivity index (χ1n) is 7.98. The molecule has 0 unspecified atom stereocenters. The highest BCUT2D eigenvalue weighted by atomic mass is 16.5. The first-order chi connectivity index (χ1) is 11.0. The number of hydrogen-bond donors (Lipinski definition) is 1. The van der Waals surface area contributed by atoms with Crippen molar-refractivity contribution >= 4 is 11.8 Å². The van der Waals surface area contributed by atoms with Gasteiger partial charge in [-0.25, -0.2) is 0 Å². The van der Waals surface area contributed by atoms with Crippen LogP contribution in [0.3, 0.4) is 0 Å². The highest BCUT2D eigenvalue weighted by Crippen LogP contribution is 2.42. The van der Waals surface area contributed by atoms with Gasteiger partial charge in [0, 0.05) is 52.6 Å². The third kappa shape index (κ3) is 2.95. The van der Waals surface area contributed by atoms with Crippen LogP contribution in [-0.2, 0) is 27.8 Å². The van der Waals surface area contributed by atoms with E-state index in [4.69, 9.17) is 4.74 Å². The van der Waals surface area contributed by atoms with Crippen LogP contribution in [0.5, 0.6) is 0 Å². The molecule has 2 amide bonds. The number of rotatable bonds is 4.